The normalized spacial score (nSPS) is 22.8. The van der Waals surface area contributed by atoms with Crippen molar-refractivity contribution < 1.29 is 14.3 Å². The third-order valence-electron chi connectivity index (χ3n) is 4.43. The van der Waals surface area contributed by atoms with Gasteiger partial charge in [0.2, 0.25) is 0 Å². The van der Waals surface area contributed by atoms with Crippen LogP contribution in [0.4, 0.5) is 0 Å². The lowest BCUT2D eigenvalue weighted by Crippen LogP contribution is -2.51. The number of carbonyl (C=O) groups is 1. The van der Waals surface area contributed by atoms with Crippen LogP contribution >= 0.6 is 11.3 Å². The summed E-state index contributed by atoms with van der Waals surface area (Å²) in [6.07, 6.45) is 3.69. The van der Waals surface area contributed by atoms with Crippen LogP contribution in [-0.4, -0.2) is 31.3 Å². The number of rotatable bonds is 2. The summed E-state index contributed by atoms with van der Waals surface area (Å²) in [6.45, 7) is 1.57. The summed E-state index contributed by atoms with van der Waals surface area (Å²) in [7, 11) is 1.34. The molecule has 1 saturated carbocycles. The van der Waals surface area contributed by atoms with E-state index in [1.165, 1.54) is 18.4 Å². The van der Waals surface area contributed by atoms with Crippen LogP contribution in [0, 0.1) is 16.7 Å². The van der Waals surface area contributed by atoms with Crippen molar-refractivity contribution >= 4 is 17.3 Å². The summed E-state index contributed by atoms with van der Waals surface area (Å²) in [5.74, 6) is -0.444. The fourth-order valence-electron chi connectivity index (χ4n) is 3.36. The van der Waals surface area contributed by atoms with Gasteiger partial charge in [-0.05, 0) is 31.1 Å². The summed E-state index contributed by atoms with van der Waals surface area (Å²) < 4.78 is 10.1. The van der Waals surface area contributed by atoms with Crippen molar-refractivity contribution in [2.75, 3.05) is 20.3 Å². The first-order valence-corrected chi connectivity index (χ1v) is 7.54. The third-order valence-corrected chi connectivity index (χ3v) is 5.48. The van der Waals surface area contributed by atoms with E-state index in [1.54, 1.807) is 5.38 Å². The molecule has 0 bridgehead atoms. The van der Waals surface area contributed by atoms with Gasteiger partial charge in [-0.1, -0.05) is 0 Å². The predicted octanol–water partition coefficient (Wildman–Crippen LogP) is 2.28. The van der Waals surface area contributed by atoms with E-state index in [2.05, 4.69) is 15.8 Å². The highest BCUT2D eigenvalue weighted by atomic mass is 32.1. The number of hydrogen-bond donors (Lipinski definition) is 0. The van der Waals surface area contributed by atoms with Crippen LogP contribution in [0.1, 0.15) is 41.2 Å². The zero-order chi connectivity index (χ0) is 14.2. The van der Waals surface area contributed by atoms with E-state index in [1.807, 2.05) is 0 Å². The van der Waals surface area contributed by atoms with Crippen LogP contribution in [0.15, 0.2) is 5.38 Å². The second-order valence-corrected chi connectivity index (χ2v) is 6.55. The molecule has 3 rings (SSSR count). The van der Waals surface area contributed by atoms with E-state index < -0.39 is 11.4 Å². The van der Waals surface area contributed by atoms with Crippen LogP contribution in [-0.2, 0) is 14.9 Å². The fourth-order valence-corrected chi connectivity index (χ4v) is 4.30. The van der Waals surface area contributed by atoms with Crippen LogP contribution in [0.5, 0.6) is 0 Å². The molecule has 1 aliphatic carbocycles. The molecule has 1 aromatic heterocycles. The molecule has 2 fully saturated rings. The van der Waals surface area contributed by atoms with Crippen molar-refractivity contribution in [1.29, 1.82) is 5.26 Å². The molecule has 0 radical (unpaired) electrons. The molecule has 0 unspecified atom stereocenters. The molecule has 2 aliphatic rings. The first-order chi connectivity index (χ1) is 9.63. The molecule has 1 aliphatic heterocycles. The Balaban J connectivity index is 1.80. The number of methoxy groups -OCH3 is 1. The Hall–Kier alpha value is -1.45. The minimum atomic E-state index is -0.520. The molecule has 0 atom stereocenters. The molecule has 20 heavy (non-hydrogen) atoms. The van der Waals surface area contributed by atoms with Crippen molar-refractivity contribution in [3.63, 3.8) is 0 Å². The average Bonchev–Trinajstić information content (AvgIpc) is 2.94. The third kappa shape index (κ3) is 2.02. The average molecular weight is 292 g/mol. The lowest BCUT2D eigenvalue weighted by Gasteiger charge is -2.53. The smallest absolute Gasteiger partial charge is 0.357 e. The minimum Gasteiger partial charge on any atom is -0.464 e. The minimum absolute atomic E-state index is 0.241. The zero-order valence-electron chi connectivity index (χ0n) is 11.3. The zero-order valence-corrected chi connectivity index (χ0v) is 12.2. The summed E-state index contributed by atoms with van der Waals surface area (Å²) in [4.78, 5) is 15.8. The Bertz CT molecular complexity index is 561. The summed E-state index contributed by atoms with van der Waals surface area (Å²) in [5, 5.41) is 12.0. The van der Waals surface area contributed by atoms with Crippen molar-refractivity contribution in [2.45, 2.75) is 31.1 Å². The SMILES string of the molecule is COC(=O)c1csc(C2(C#N)CC3(CCOCC3)C2)n1. The molecular weight excluding hydrogens is 276 g/mol. The number of ether oxygens (including phenoxy) is 2. The highest BCUT2D eigenvalue weighted by Crippen LogP contribution is 2.60. The van der Waals surface area contributed by atoms with E-state index >= 15 is 0 Å². The highest BCUT2D eigenvalue weighted by molar-refractivity contribution is 7.10. The number of nitriles is 1. The summed E-state index contributed by atoms with van der Waals surface area (Å²) >= 11 is 1.38. The molecule has 1 aromatic rings. The molecule has 106 valence electrons. The Labute approximate surface area is 121 Å². The number of thiazole rings is 1. The number of carbonyl (C=O) groups excluding carboxylic acids is 1. The van der Waals surface area contributed by atoms with E-state index in [9.17, 15) is 10.1 Å². The van der Waals surface area contributed by atoms with Crippen molar-refractivity contribution in [3.05, 3.63) is 16.1 Å². The number of esters is 1. The van der Waals surface area contributed by atoms with Gasteiger partial charge in [-0.2, -0.15) is 5.26 Å². The monoisotopic (exact) mass is 292 g/mol. The first-order valence-electron chi connectivity index (χ1n) is 6.66. The molecule has 1 saturated heterocycles. The Morgan fingerprint density at radius 2 is 2.20 bits per heavy atom. The van der Waals surface area contributed by atoms with Crippen molar-refractivity contribution in [1.82, 2.24) is 4.98 Å². The standard InChI is InChI=1S/C14H16N2O3S/c1-18-11(17)10-6-20-12(16-10)14(9-15)7-13(8-14)2-4-19-5-3-13/h6H,2-5,7-8H2,1H3. The van der Waals surface area contributed by atoms with Gasteiger partial charge in [-0.25, -0.2) is 9.78 Å². The maximum absolute atomic E-state index is 11.5. The number of hydrogen-bond acceptors (Lipinski definition) is 6. The Morgan fingerprint density at radius 3 is 2.80 bits per heavy atom. The van der Waals surface area contributed by atoms with Crippen molar-refractivity contribution in [3.8, 4) is 6.07 Å². The lowest BCUT2D eigenvalue weighted by atomic mass is 9.51. The van der Waals surface area contributed by atoms with Gasteiger partial charge in [-0.15, -0.1) is 11.3 Å². The van der Waals surface area contributed by atoms with Crippen molar-refractivity contribution in [2.24, 2.45) is 5.41 Å². The Kier molecular flexibility index (Phi) is 3.27. The van der Waals surface area contributed by atoms with Gasteiger partial charge in [0.15, 0.2) is 5.69 Å². The summed E-state index contributed by atoms with van der Waals surface area (Å²) in [5.41, 5.74) is 0.0226. The van der Waals surface area contributed by atoms with Gasteiger partial charge in [0, 0.05) is 18.6 Å². The van der Waals surface area contributed by atoms with E-state index in [0.29, 0.717) is 5.69 Å². The first kappa shape index (κ1) is 13.5. The molecule has 0 aromatic carbocycles. The second kappa shape index (κ2) is 4.83. The fraction of sp³-hybridized carbons (Fsp3) is 0.643. The maximum Gasteiger partial charge on any atom is 0.357 e. The molecule has 1 spiro atoms. The van der Waals surface area contributed by atoms with Gasteiger partial charge in [0.25, 0.3) is 0 Å². The van der Waals surface area contributed by atoms with E-state index in [4.69, 9.17) is 4.74 Å². The largest absolute Gasteiger partial charge is 0.464 e. The Morgan fingerprint density at radius 1 is 1.50 bits per heavy atom. The van der Waals surface area contributed by atoms with Gasteiger partial charge in [-0.3, -0.25) is 0 Å². The highest BCUT2D eigenvalue weighted by Gasteiger charge is 2.57. The molecule has 0 amide bonds. The number of nitrogens with zero attached hydrogens (tertiary/aromatic N) is 2. The molecule has 6 heteroatoms. The van der Waals surface area contributed by atoms with Gasteiger partial charge >= 0.3 is 5.97 Å². The topological polar surface area (TPSA) is 72.2 Å². The number of aromatic nitrogens is 1. The van der Waals surface area contributed by atoms with Gasteiger partial charge < -0.3 is 9.47 Å². The van der Waals surface area contributed by atoms with Crippen LogP contribution in [0.3, 0.4) is 0 Å². The second-order valence-electron chi connectivity index (χ2n) is 5.69. The van der Waals surface area contributed by atoms with Gasteiger partial charge in [0.05, 0.1) is 13.2 Å². The molecular formula is C14H16N2O3S. The summed E-state index contributed by atoms with van der Waals surface area (Å²) in [6, 6.07) is 2.43. The van der Waals surface area contributed by atoms with Crippen LogP contribution < -0.4 is 0 Å². The van der Waals surface area contributed by atoms with Gasteiger partial charge in [0.1, 0.15) is 10.4 Å². The maximum atomic E-state index is 11.5. The molecule has 5 nitrogen and oxygen atoms in total. The van der Waals surface area contributed by atoms with E-state index in [0.717, 1.165) is 43.9 Å². The molecule has 0 N–H and O–H groups in total. The van der Waals surface area contributed by atoms with E-state index in [-0.39, 0.29) is 5.41 Å². The predicted molar refractivity (Wildman–Crippen MR) is 72.5 cm³/mol. The molecule has 2 heterocycles. The quantitative estimate of drug-likeness (QED) is 0.782. The van der Waals surface area contributed by atoms with Crippen LogP contribution in [0.2, 0.25) is 0 Å². The lowest BCUT2D eigenvalue weighted by molar-refractivity contribution is -0.0578. The van der Waals surface area contributed by atoms with Crippen LogP contribution in [0.25, 0.3) is 0 Å².